The third-order valence-corrected chi connectivity index (χ3v) is 4.77. The number of carbonyl (C=O) groups is 2. The van der Waals surface area contributed by atoms with Crippen LogP contribution in [0, 0.1) is 12.3 Å². The Hall–Kier alpha value is -2.67. The van der Waals surface area contributed by atoms with Crippen LogP contribution in [0.2, 0.25) is 0 Å². The number of carboxylic acids is 1. The predicted octanol–water partition coefficient (Wildman–Crippen LogP) is 2.19. The third kappa shape index (κ3) is 3.94. The van der Waals surface area contributed by atoms with E-state index in [-0.39, 0.29) is 18.9 Å². The van der Waals surface area contributed by atoms with E-state index >= 15 is 0 Å². The molecule has 3 rings (SSSR count). The number of aliphatic carboxylic acids is 1. The van der Waals surface area contributed by atoms with Crippen LogP contribution in [0.1, 0.15) is 24.3 Å². The maximum absolute atomic E-state index is 12.3. The zero-order chi connectivity index (χ0) is 18.6. The van der Waals surface area contributed by atoms with Crippen molar-refractivity contribution >= 4 is 11.9 Å². The number of ether oxygens (including phenoxy) is 1. The van der Waals surface area contributed by atoms with Crippen molar-refractivity contribution in [2.24, 2.45) is 5.41 Å². The van der Waals surface area contributed by atoms with E-state index in [9.17, 15) is 14.7 Å². The van der Waals surface area contributed by atoms with Crippen LogP contribution in [0.3, 0.4) is 0 Å². The van der Waals surface area contributed by atoms with Gasteiger partial charge in [-0.2, -0.15) is 0 Å². The van der Waals surface area contributed by atoms with Crippen molar-refractivity contribution < 1.29 is 23.8 Å². The highest BCUT2D eigenvalue weighted by Gasteiger charge is 2.40. The number of rotatable bonds is 6. The number of hydrogen-bond donors (Lipinski definition) is 2. The van der Waals surface area contributed by atoms with E-state index in [1.807, 2.05) is 30.3 Å². The summed E-state index contributed by atoms with van der Waals surface area (Å²) in [5.41, 5.74) is 0.439. The summed E-state index contributed by atoms with van der Waals surface area (Å²) in [4.78, 5) is 28.3. The molecule has 0 spiro atoms. The van der Waals surface area contributed by atoms with E-state index in [2.05, 4.69) is 10.3 Å². The zero-order valence-electron chi connectivity index (χ0n) is 14.7. The van der Waals surface area contributed by atoms with Crippen molar-refractivity contribution in [3.05, 3.63) is 41.8 Å². The summed E-state index contributed by atoms with van der Waals surface area (Å²) in [6, 6.07) is 9.46. The van der Waals surface area contributed by atoms with Gasteiger partial charge in [0.2, 0.25) is 11.8 Å². The summed E-state index contributed by atoms with van der Waals surface area (Å²) in [7, 11) is 0. The number of carboxylic acid groups (broad SMARTS) is 1. The quantitative estimate of drug-likeness (QED) is 0.821. The fourth-order valence-electron chi connectivity index (χ4n) is 3.01. The van der Waals surface area contributed by atoms with Gasteiger partial charge in [-0.25, -0.2) is 4.98 Å². The lowest BCUT2D eigenvalue weighted by atomic mass is 9.80. The molecule has 0 aliphatic carbocycles. The summed E-state index contributed by atoms with van der Waals surface area (Å²) < 4.78 is 10.9. The minimum Gasteiger partial charge on any atom is -0.481 e. The summed E-state index contributed by atoms with van der Waals surface area (Å²) in [6.45, 7) is 2.64. The molecule has 1 aliphatic rings. The normalized spacial score (nSPS) is 16.2. The first-order chi connectivity index (χ1) is 12.5. The van der Waals surface area contributed by atoms with Crippen LogP contribution in [0.4, 0.5) is 0 Å². The van der Waals surface area contributed by atoms with Crippen molar-refractivity contribution in [3.63, 3.8) is 0 Å². The number of nitrogens with zero attached hydrogens (tertiary/aromatic N) is 1. The Morgan fingerprint density at radius 2 is 1.92 bits per heavy atom. The SMILES string of the molecule is Cc1oc(-c2ccccc2)nc1CC(=O)NCC1(C(=O)O)CCOCC1. The van der Waals surface area contributed by atoms with Crippen molar-refractivity contribution in [2.75, 3.05) is 19.8 Å². The second kappa shape index (κ2) is 7.70. The van der Waals surface area contributed by atoms with Gasteiger partial charge in [-0.15, -0.1) is 0 Å². The smallest absolute Gasteiger partial charge is 0.311 e. The monoisotopic (exact) mass is 358 g/mol. The predicted molar refractivity (Wildman–Crippen MR) is 93.5 cm³/mol. The Morgan fingerprint density at radius 3 is 2.58 bits per heavy atom. The Bertz CT molecular complexity index is 778. The molecule has 0 saturated carbocycles. The standard InChI is InChI=1S/C19H22N2O5/c1-13-15(21-17(26-13)14-5-3-2-4-6-14)11-16(22)20-12-19(18(23)24)7-9-25-10-8-19/h2-6H,7-12H2,1H3,(H,20,22)(H,23,24). The third-order valence-electron chi connectivity index (χ3n) is 4.77. The van der Waals surface area contributed by atoms with E-state index in [0.717, 1.165) is 5.56 Å². The lowest BCUT2D eigenvalue weighted by Crippen LogP contribution is -2.46. The van der Waals surface area contributed by atoms with Crippen LogP contribution >= 0.6 is 0 Å². The Labute approximate surface area is 151 Å². The number of carbonyl (C=O) groups excluding carboxylic acids is 1. The van der Waals surface area contributed by atoms with Crippen molar-refractivity contribution in [1.82, 2.24) is 10.3 Å². The van der Waals surface area contributed by atoms with Crippen molar-refractivity contribution in [3.8, 4) is 11.5 Å². The fraction of sp³-hybridized carbons (Fsp3) is 0.421. The van der Waals surface area contributed by atoms with E-state index in [4.69, 9.17) is 9.15 Å². The van der Waals surface area contributed by atoms with Crippen LogP contribution in [0.5, 0.6) is 0 Å². The van der Waals surface area contributed by atoms with E-state index < -0.39 is 11.4 Å². The van der Waals surface area contributed by atoms with Crippen LogP contribution < -0.4 is 5.32 Å². The number of benzene rings is 1. The first kappa shape index (κ1) is 18.1. The van der Waals surface area contributed by atoms with Crippen LogP contribution in [0.15, 0.2) is 34.7 Å². The average Bonchev–Trinajstić information content (AvgIpc) is 3.02. The molecule has 1 fully saturated rings. The number of aryl methyl sites for hydroxylation is 1. The molecule has 2 aromatic rings. The highest BCUT2D eigenvalue weighted by Crippen LogP contribution is 2.30. The number of amides is 1. The Balaban J connectivity index is 1.63. The van der Waals surface area contributed by atoms with Crippen molar-refractivity contribution in [2.45, 2.75) is 26.2 Å². The molecule has 1 amide bonds. The van der Waals surface area contributed by atoms with Crippen LogP contribution in [0.25, 0.3) is 11.5 Å². The molecule has 0 unspecified atom stereocenters. The molecular weight excluding hydrogens is 336 g/mol. The molecule has 26 heavy (non-hydrogen) atoms. The molecule has 0 radical (unpaired) electrons. The number of nitrogens with one attached hydrogen (secondary N) is 1. The molecule has 0 bridgehead atoms. The largest absolute Gasteiger partial charge is 0.481 e. The minimum atomic E-state index is -0.956. The molecule has 1 aliphatic heterocycles. The topological polar surface area (TPSA) is 102 Å². The molecular formula is C19H22N2O5. The van der Waals surface area contributed by atoms with Gasteiger partial charge in [0.05, 0.1) is 17.5 Å². The average molecular weight is 358 g/mol. The molecule has 1 saturated heterocycles. The van der Waals surface area contributed by atoms with E-state index in [0.29, 0.717) is 43.4 Å². The zero-order valence-corrected chi connectivity index (χ0v) is 14.7. The molecule has 138 valence electrons. The van der Waals surface area contributed by atoms with Gasteiger partial charge >= 0.3 is 5.97 Å². The summed E-state index contributed by atoms with van der Waals surface area (Å²) in [5, 5.41) is 12.3. The molecule has 0 atom stereocenters. The first-order valence-electron chi connectivity index (χ1n) is 8.60. The number of oxazole rings is 1. The van der Waals surface area contributed by atoms with Gasteiger partial charge in [-0.3, -0.25) is 9.59 Å². The van der Waals surface area contributed by atoms with Crippen molar-refractivity contribution in [1.29, 1.82) is 0 Å². The molecule has 2 heterocycles. The van der Waals surface area contributed by atoms with Gasteiger partial charge in [-0.05, 0) is 31.9 Å². The second-order valence-electron chi connectivity index (χ2n) is 6.54. The molecule has 1 aromatic carbocycles. The van der Waals surface area contributed by atoms with E-state index in [1.165, 1.54) is 0 Å². The first-order valence-corrected chi connectivity index (χ1v) is 8.60. The molecule has 1 aromatic heterocycles. The Kier molecular flexibility index (Phi) is 5.37. The number of hydrogen-bond acceptors (Lipinski definition) is 5. The number of aromatic nitrogens is 1. The summed E-state index contributed by atoms with van der Waals surface area (Å²) in [6.07, 6.45) is 0.835. The maximum Gasteiger partial charge on any atom is 0.311 e. The minimum absolute atomic E-state index is 0.0500. The summed E-state index contributed by atoms with van der Waals surface area (Å²) >= 11 is 0. The van der Waals surface area contributed by atoms with Gasteiger partial charge < -0.3 is 19.6 Å². The van der Waals surface area contributed by atoms with Crippen LogP contribution in [-0.4, -0.2) is 41.7 Å². The lowest BCUT2D eigenvalue weighted by molar-refractivity contribution is -0.154. The van der Waals surface area contributed by atoms with Gasteiger partial charge in [-0.1, -0.05) is 18.2 Å². The van der Waals surface area contributed by atoms with Crippen LogP contribution in [-0.2, 0) is 20.7 Å². The maximum atomic E-state index is 12.3. The second-order valence-corrected chi connectivity index (χ2v) is 6.54. The Morgan fingerprint density at radius 1 is 1.23 bits per heavy atom. The van der Waals surface area contributed by atoms with Gasteiger partial charge in [0, 0.05) is 25.3 Å². The van der Waals surface area contributed by atoms with E-state index in [1.54, 1.807) is 6.92 Å². The highest BCUT2D eigenvalue weighted by molar-refractivity contribution is 5.80. The summed E-state index contributed by atoms with van der Waals surface area (Å²) in [5.74, 6) is -0.117. The van der Waals surface area contributed by atoms with Gasteiger partial charge in [0.15, 0.2) is 0 Å². The molecule has 7 heteroatoms. The van der Waals surface area contributed by atoms with Gasteiger partial charge in [0.1, 0.15) is 5.76 Å². The fourth-order valence-corrected chi connectivity index (χ4v) is 3.01. The molecule has 7 nitrogen and oxygen atoms in total. The lowest BCUT2D eigenvalue weighted by Gasteiger charge is -2.33. The highest BCUT2D eigenvalue weighted by atomic mass is 16.5. The van der Waals surface area contributed by atoms with Gasteiger partial charge in [0.25, 0.3) is 0 Å². The molecule has 2 N–H and O–H groups in total.